The lowest BCUT2D eigenvalue weighted by Gasteiger charge is -2.04. The first-order valence-electron chi connectivity index (χ1n) is 8.65. The van der Waals surface area contributed by atoms with Gasteiger partial charge in [0.05, 0.1) is 18.4 Å². The molecule has 0 spiro atoms. The van der Waals surface area contributed by atoms with Crippen molar-refractivity contribution in [1.29, 1.82) is 0 Å². The van der Waals surface area contributed by atoms with Gasteiger partial charge in [0.25, 0.3) is 0 Å². The van der Waals surface area contributed by atoms with E-state index in [0.29, 0.717) is 39.9 Å². The molecule has 1 aromatic carbocycles. The minimum atomic E-state index is -0.562. The summed E-state index contributed by atoms with van der Waals surface area (Å²) in [5.74, 6) is -0.371. The quantitative estimate of drug-likeness (QED) is 0.552. The number of nitrogens with one attached hydrogen (secondary N) is 1. The van der Waals surface area contributed by atoms with Crippen LogP contribution in [0.3, 0.4) is 0 Å². The van der Waals surface area contributed by atoms with E-state index < -0.39 is 11.9 Å². The number of halogens is 1. The minimum absolute atomic E-state index is 0.0152. The fourth-order valence-electron chi connectivity index (χ4n) is 2.73. The van der Waals surface area contributed by atoms with Crippen molar-refractivity contribution in [1.82, 2.24) is 9.97 Å². The van der Waals surface area contributed by atoms with Crippen molar-refractivity contribution in [3.8, 4) is 5.75 Å². The van der Waals surface area contributed by atoms with Crippen LogP contribution in [0.15, 0.2) is 29.6 Å². The fraction of sp³-hybridized carbons (Fsp3) is 0.250. The fourth-order valence-corrected chi connectivity index (χ4v) is 3.55. The van der Waals surface area contributed by atoms with Crippen LogP contribution in [-0.4, -0.2) is 29.0 Å². The number of methoxy groups -OCH3 is 1. The van der Waals surface area contributed by atoms with Gasteiger partial charge in [-0.15, -0.1) is 11.3 Å². The number of aromatic amines is 1. The molecule has 0 saturated heterocycles. The van der Waals surface area contributed by atoms with Gasteiger partial charge < -0.3 is 19.2 Å². The van der Waals surface area contributed by atoms with Gasteiger partial charge >= 0.3 is 11.9 Å². The maximum Gasteiger partial charge on any atom is 0.355 e. The molecule has 9 heteroatoms. The molecule has 29 heavy (non-hydrogen) atoms. The van der Waals surface area contributed by atoms with Crippen LogP contribution < -0.4 is 4.74 Å². The number of ether oxygens (including phenoxy) is 3. The predicted octanol–water partition coefficient (Wildman–Crippen LogP) is 4.46. The summed E-state index contributed by atoms with van der Waals surface area (Å²) in [6.07, 6.45) is 0. The van der Waals surface area contributed by atoms with E-state index in [0.717, 1.165) is 5.01 Å². The number of thiazole rings is 1. The third kappa shape index (κ3) is 4.96. The number of rotatable bonds is 7. The van der Waals surface area contributed by atoms with Crippen LogP contribution >= 0.6 is 22.9 Å². The number of nitrogens with zero attached hydrogens (tertiary/aromatic N) is 1. The average Bonchev–Trinajstić information content (AvgIpc) is 3.29. The lowest BCUT2D eigenvalue weighted by atomic mass is 10.1. The molecule has 0 aliphatic rings. The number of hydrogen-bond donors (Lipinski definition) is 1. The first-order valence-corrected chi connectivity index (χ1v) is 9.91. The van der Waals surface area contributed by atoms with E-state index >= 15 is 0 Å². The Labute approximate surface area is 176 Å². The molecule has 1 N–H and O–H groups in total. The minimum Gasteiger partial charge on any atom is -0.486 e. The molecular formula is C20H19ClN2O5S. The first-order chi connectivity index (χ1) is 13.9. The first kappa shape index (κ1) is 20.9. The molecule has 3 rings (SSSR count). The summed E-state index contributed by atoms with van der Waals surface area (Å²) in [5.41, 5.74) is 2.23. The number of esters is 2. The third-order valence-corrected chi connectivity index (χ3v) is 5.28. The molecule has 0 saturated carbocycles. The van der Waals surface area contributed by atoms with Gasteiger partial charge in [-0.05, 0) is 43.7 Å². The van der Waals surface area contributed by atoms with Crippen LogP contribution in [-0.2, 0) is 22.7 Å². The van der Waals surface area contributed by atoms with Crippen molar-refractivity contribution in [2.24, 2.45) is 0 Å². The Hall–Kier alpha value is -2.84. The van der Waals surface area contributed by atoms with Gasteiger partial charge in [-0.3, -0.25) is 0 Å². The van der Waals surface area contributed by atoms with E-state index in [4.69, 9.17) is 25.8 Å². The second-order valence-corrected chi connectivity index (χ2v) is 7.55. The maximum atomic E-state index is 12.4. The van der Waals surface area contributed by atoms with Crippen molar-refractivity contribution in [2.45, 2.75) is 27.1 Å². The number of aryl methyl sites for hydroxylation is 1. The topological polar surface area (TPSA) is 90.5 Å². The summed E-state index contributed by atoms with van der Waals surface area (Å²) in [4.78, 5) is 31.5. The Morgan fingerprint density at radius 2 is 1.86 bits per heavy atom. The molecule has 152 valence electrons. The van der Waals surface area contributed by atoms with Gasteiger partial charge in [-0.1, -0.05) is 11.6 Å². The van der Waals surface area contributed by atoms with Crippen LogP contribution in [0.25, 0.3) is 0 Å². The molecule has 0 atom stereocenters. The van der Waals surface area contributed by atoms with Crippen LogP contribution in [0.1, 0.15) is 42.8 Å². The van der Waals surface area contributed by atoms with E-state index in [2.05, 4.69) is 9.97 Å². The van der Waals surface area contributed by atoms with Crippen LogP contribution in [0.5, 0.6) is 5.75 Å². The number of benzene rings is 1. The molecule has 0 bridgehead atoms. The third-order valence-electron chi connectivity index (χ3n) is 4.16. The van der Waals surface area contributed by atoms with Crippen LogP contribution in [0.2, 0.25) is 5.02 Å². The molecule has 0 unspecified atom stereocenters. The summed E-state index contributed by atoms with van der Waals surface area (Å²) in [5, 5.41) is 3.20. The number of carbonyl (C=O) groups excluding carboxylic acids is 2. The van der Waals surface area contributed by atoms with Crippen molar-refractivity contribution >= 4 is 34.9 Å². The highest BCUT2D eigenvalue weighted by atomic mass is 35.5. The van der Waals surface area contributed by atoms with Gasteiger partial charge in [0.1, 0.15) is 29.7 Å². The zero-order valence-electron chi connectivity index (χ0n) is 16.1. The number of carbonyl (C=O) groups is 2. The molecule has 3 aromatic rings. The molecule has 0 aliphatic heterocycles. The molecule has 2 aromatic heterocycles. The van der Waals surface area contributed by atoms with Crippen LogP contribution in [0.4, 0.5) is 0 Å². The SMILES string of the molecule is COC(=O)c1c(C)[nH]c(C(=O)OCc2csc(COc3ccc(Cl)cc3)n2)c1C. The second-order valence-electron chi connectivity index (χ2n) is 6.17. The Kier molecular flexibility index (Phi) is 6.56. The molecule has 0 radical (unpaired) electrons. The normalized spacial score (nSPS) is 10.6. The predicted molar refractivity (Wildman–Crippen MR) is 109 cm³/mol. The van der Waals surface area contributed by atoms with E-state index in [1.807, 2.05) is 0 Å². The van der Waals surface area contributed by atoms with E-state index in [9.17, 15) is 9.59 Å². The zero-order chi connectivity index (χ0) is 21.0. The lowest BCUT2D eigenvalue weighted by Crippen LogP contribution is -2.09. The van der Waals surface area contributed by atoms with Crippen molar-refractivity contribution in [3.05, 3.63) is 67.9 Å². The summed E-state index contributed by atoms with van der Waals surface area (Å²) >= 11 is 7.26. The van der Waals surface area contributed by atoms with Crippen molar-refractivity contribution in [3.63, 3.8) is 0 Å². The zero-order valence-corrected chi connectivity index (χ0v) is 17.6. The van der Waals surface area contributed by atoms with Gasteiger partial charge in [0.2, 0.25) is 0 Å². The summed E-state index contributed by atoms with van der Waals surface area (Å²) in [6.45, 7) is 3.68. The van der Waals surface area contributed by atoms with E-state index in [1.165, 1.54) is 18.4 Å². The number of aromatic nitrogens is 2. The molecule has 0 amide bonds. The summed E-state index contributed by atoms with van der Waals surface area (Å²) in [6, 6.07) is 7.06. The molecule has 2 heterocycles. The highest BCUT2D eigenvalue weighted by molar-refractivity contribution is 7.09. The maximum absolute atomic E-state index is 12.4. The van der Waals surface area contributed by atoms with Gasteiger partial charge in [-0.25, -0.2) is 14.6 Å². The molecular weight excluding hydrogens is 416 g/mol. The molecule has 0 aliphatic carbocycles. The number of hydrogen-bond acceptors (Lipinski definition) is 7. The van der Waals surface area contributed by atoms with Gasteiger partial charge in [0, 0.05) is 16.1 Å². The van der Waals surface area contributed by atoms with Gasteiger partial charge in [-0.2, -0.15) is 0 Å². The molecule has 0 fully saturated rings. The Morgan fingerprint density at radius 1 is 1.14 bits per heavy atom. The van der Waals surface area contributed by atoms with Gasteiger partial charge in [0.15, 0.2) is 0 Å². The smallest absolute Gasteiger partial charge is 0.355 e. The van der Waals surface area contributed by atoms with Crippen molar-refractivity contribution < 1.29 is 23.8 Å². The van der Waals surface area contributed by atoms with E-state index in [1.54, 1.807) is 43.5 Å². The van der Waals surface area contributed by atoms with Crippen molar-refractivity contribution in [2.75, 3.05) is 7.11 Å². The standard InChI is InChI=1S/C20H19ClN2O5S/c1-11-17(19(24)26-3)12(2)22-18(11)20(25)28-8-14-10-29-16(23-14)9-27-15-6-4-13(21)5-7-15/h4-7,10,22H,8-9H2,1-3H3. The second kappa shape index (κ2) is 9.11. The largest absolute Gasteiger partial charge is 0.486 e. The lowest BCUT2D eigenvalue weighted by molar-refractivity contribution is 0.0461. The molecule has 7 nitrogen and oxygen atoms in total. The monoisotopic (exact) mass is 434 g/mol. The number of H-pyrrole nitrogens is 1. The highest BCUT2D eigenvalue weighted by Gasteiger charge is 2.23. The summed E-state index contributed by atoms with van der Waals surface area (Å²) in [7, 11) is 1.29. The average molecular weight is 435 g/mol. The van der Waals surface area contributed by atoms with Crippen LogP contribution in [0, 0.1) is 13.8 Å². The Morgan fingerprint density at radius 3 is 2.55 bits per heavy atom. The summed E-state index contributed by atoms with van der Waals surface area (Å²) < 4.78 is 15.7. The highest BCUT2D eigenvalue weighted by Crippen LogP contribution is 2.21. The van der Waals surface area contributed by atoms with E-state index in [-0.39, 0.29) is 12.3 Å². The Balaban J connectivity index is 1.57. The Bertz CT molecular complexity index is 1030.